The van der Waals surface area contributed by atoms with E-state index in [4.69, 9.17) is 11.6 Å². The highest BCUT2D eigenvalue weighted by molar-refractivity contribution is 6.32. The smallest absolute Gasteiger partial charge is 0.134 e. The first-order valence-electron chi connectivity index (χ1n) is 4.73. The first-order chi connectivity index (χ1) is 7.22. The zero-order chi connectivity index (χ0) is 10.8. The van der Waals surface area contributed by atoms with Gasteiger partial charge < -0.3 is 5.11 Å². The van der Waals surface area contributed by atoms with Crippen LogP contribution in [0, 0.1) is 0 Å². The molecular formula is C11H11ClN2O. The summed E-state index contributed by atoms with van der Waals surface area (Å²) >= 11 is 5.85. The molecule has 0 aliphatic rings. The van der Waals surface area contributed by atoms with Crippen molar-refractivity contribution in [1.82, 2.24) is 9.78 Å². The number of halogens is 1. The molecule has 2 aromatic rings. The summed E-state index contributed by atoms with van der Waals surface area (Å²) in [6.07, 6.45) is 1.75. The van der Waals surface area contributed by atoms with Crippen molar-refractivity contribution in [1.29, 1.82) is 0 Å². The quantitative estimate of drug-likeness (QED) is 0.849. The van der Waals surface area contributed by atoms with E-state index in [1.54, 1.807) is 18.3 Å². The molecule has 0 spiro atoms. The van der Waals surface area contributed by atoms with Gasteiger partial charge in [0.2, 0.25) is 0 Å². The van der Waals surface area contributed by atoms with E-state index in [1.165, 1.54) is 0 Å². The van der Waals surface area contributed by atoms with Gasteiger partial charge in [-0.3, -0.25) is 4.68 Å². The lowest BCUT2D eigenvalue weighted by atomic mass is 10.1. The van der Waals surface area contributed by atoms with Gasteiger partial charge in [0.25, 0.3) is 0 Å². The molecule has 0 fully saturated rings. The minimum Gasteiger partial charge on any atom is -0.506 e. The zero-order valence-electron chi connectivity index (χ0n) is 8.31. The van der Waals surface area contributed by atoms with Crippen molar-refractivity contribution in [2.24, 2.45) is 0 Å². The van der Waals surface area contributed by atoms with Crippen LogP contribution in [0.2, 0.25) is 5.02 Å². The number of phenols is 1. The fourth-order valence-corrected chi connectivity index (χ4v) is 1.68. The van der Waals surface area contributed by atoms with E-state index in [1.807, 2.05) is 23.7 Å². The van der Waals surface area contributed by atoms with Crippen LogP contribution >= 0.6 is 11.6 Å². The van der Waals surface area contributed by atoms with Gasteiger partial charge in [0.15, 0.2) is 0 Å². The van der Waals surface area contributed by atoms with E-state index in [0.29, 0.717) is 5.02 Å². The standard InChI is InChI=1S/C11H11ClN2O/c1-2-14-10(5-6-13-14)8-3-4-11(15)9(12)7-8/h3-7,15H,2H2,1H3. The van der Waals surface area contributed by atoms with Gasteiger partial charge in [-0.25, -0.2) is 0 Å². The summed E-state index contributed by atoms with van der Waals surface area (Å²) in [5.74, 6) is 0.1000. The van der Waals surface area contributed by atoms with Gasteiger partial charge in [-0.15, -0.1) is 0 Å². The number of aromatic hydroxyl groups is 1. The molecule has 1 heterocycles. The van der Waals surface area contributed by atoms with Gasteiger partial charge in [-0.05, 0) is 31.2 Å². The average Bonchev–Trinajstić information content (AvgIpc) is 2.70. The second-order valence-electron chi connectivity index (χ2n) is 3.20. The Hall–Kier alpha value is -1.48. The van der Waals surface area contributed by atoms with Gasteiger partial charge in [0, 0.05) is 18.3 Å². The van der Waals surface area contributed by atoms with Crippen molar-refractivity contribution in [3.63, 3.8) is 0 Å². The number of nitrogens with zero attached hydrogens (tertiary/aromatic N) is 2. The van der Waals surface area contributed by atoms with E-state index >= 15 is 0 Å². The van der Waals surface area contributed by atoms with E-state index in [0.717, 1.165) is 17.8 Å². The van der Waals surface area contributed by atoms with Crippen LogP contribution in [0.3, 0.4) is 0 Å². The second-order valence-corrected chi connectivity index (χ2v) is 3.61. The highest BCUT2D eigenvalue weighted by Gasteiger charge is 2.06. The summed E-state index contributed by atoms with van der Waals surface area (Å²) in [4.78, 5) is 0. The van der Waals surface area contributed by atoms with E-state index in [-0.39, 0.29) is 5.75 Å². The van der Waals surface area contributed by atoms with Crippen LogP contribution in [0.5, 0.6) is 5.75 Å². The Labute approximate surface area is 92.9 Å². The van der Waals surface area contributed by atoms with E-state index in [2.05, 4.69) is 5.10 Å². The number of aryl methyl sites for hydroxylation is 1. The molecule has 0 radical (unpaired) electrons. The van der Waals surface area contributed by atoms with Crippen LogP contribution in [0.4, 0.5) is 0 Å². The molecule has 0 atom stereocenters. The first-order valence-corrected chi connectivity index (χ1v) is 5.11. The topological polar surface area (TPSA) is 38.0 Å². The molecule has 0 saturated heterocycles. The minimum atomic E-state index is 0.1000. The molecule has 0 bridgehead atoms. The predicted octanol–water partition coefficient (Wildman–Crippen LogP) is 2.93. The number of benzene rings is 1. The Morgan fingerprint density at radius 2 is 2.20 bits per heavy atom. The number of rotatable bonds is 2. The highest BCUT2D eigenvalue weighted by atomic mass is 35.5. The number of phenolic OH excluding ortho intramolecular Hbond substituents is 1. The average molecular weight is 223 g/mol. The Morgan fingerprint density at radius 3 is 2.87 bits per heavy atom. The third kappa shape index (κ3) is 1.83. The van der Waals surface area contributed by atoms with Crippen molar-refractivity contribution in [2.75, 3.05) is 0 Å². The first kappa shape index (κ1) is 10.1. The molecule has 1 aromatic heterocycles. The lowest BCUT2D eigenvalue weighted by Crippen LogP contribution is -1.98. The van der Waals surface area contributed by atoms with Gasteiger partial charge in [-0.1, -0.05) is 11.6 Å². The molecule has 1 aromatic carbocycles. The number of hydrogen-bond donors (Lipinski definition) is 1. The minimum absolute atomic E-state index is 0.1000. The molecule has 2 rings (SSSR count). The van der Waals surface area contributed by atoms with Crippen LogP contribution in [0.1, 0.15) is 6.92 Å². The molecule has 78 valence electrons. The summed E-state index contributed by atoms with van der Waals surface area (Å²) < 4.78 is 1.88. The number of hydrogen-bond acceptors (Lipinski definition) is 2. The van der Waals surface area contributed by atoms with Crippen LogP contribution in [-0.2, 0) is 6.54 Å². The highest BCUT2D eigenvalue weighted by Crippen LogP contribution is 2.29. The summed E-state index contributed by atoms with van der Waals surface area (Å²) in [7, 11) is 0. The summed E-state index contributed by atoms with van der Waals surface area (Å²) in [6.45, 7) is 2.83. The Morgan fingerprint density at radius 1 is 1.40 bits per heavy atom. The molecule has 0 amide bonds. The van der Waals surface area contributed by atoms with Crippen LogP contribution in [0.15, 0.2) is 30.5 Å². The predicted molar refractivity (Wildman–Crippen MR) is 60.0 cm³/mol. The van der Waals surface area contributed by atoms with Crippen molar-refractivity contribution >= 4 is 11.6 Å². The van der Waals surface area contributed by atoms with Crippen molar-refractivity contribution in [2.45, 2.75) is 13.5 Å². The molecule has 4 heteroatoms. The molecule has 1 N–H and O–H groups in total. The molecule has 3 nitrogen and oxygen atoms in total. The third-order valence-corrected chi connectivity index (χ3v) is 2.56. The molecule has 0 saturated carbocycles. The lowest BCUT2D eigenvalue weighted by Gasteiger charge is -2.05. The fourth-order valence-electron chi connectivity index (χ4n) is 1.50. The van der Waals surface area contributed by atoms with Crippen LogP contribution in [0.25, 0.3) is 11.3 Å². The summed E-state index contributed by atoms with van der Waals surface area (Å²) in [6, 6.07) is 7.07. The SMILES string of the molecule is CCn1nccc1-c1ccc(O)c(Cl)c1. The monoisotopic (exact) mass is 222 g/mol. The fraction of sp³-hybridized carbons (Fsp3) is 0.182. The summed E-state index contributed by atoms with van der Waals surface area (Å²) in [5.41, 5.74) is 1.96. The molecule has 0 aliphatic carbocycles. The maximum atomic E-state index is 9.31. The van der Waals surface area contributed by atoms with Gasteiger partial charge in [0.1, 0.15) is 5.75 Å². The van der Waals surface area contributed by atoms with Gasteiger partial charge in [0.05, 0.1) is 10.7 Å². The maximum absolute atomic E-state index is 9.31. The largest absolute Gasteiger partial charge is 0.506 e. The van der Waals surface area contributed by atoms with Crippen molar-refractivity contribution in [3.05, 3.63) is 35.5 Å². The van der Waals surface area contributed by atoms with Crippen molar-refractivity contribution in [3.8, 4) is 17.0 Å². The Balaban J connectivity index is 2.50. The Kier molecular flexibility index (Phi) is 2.64. The molecule has 0 aliphatic heterocycles. The van der Waals surface area contributed by atoms with Crippen LogP contribution in [-0.4, -0.2) is 14.9 Å². The number of aromatic nitrogens is 2. The lowest BCUT2D eigenvalue weighted by molar-refractivity contribution is 0.475. The summed E-state index contributed by atoms with van der Waals surface area (Å²) in [5, 5.41) is 13.8. The van der Waals surface area contributed by atoms with Gasteiger partial charge >= 0.3 is 0 Å². The molecule has 0 unspecified atom stereocenters. The van der Waals surface area contributed by atoms with E-state index < -0.39 is 0 Å². The maximum Gasteiger partial charge on any atom is 0.134 e. The normalized spacial score (nSPS) is 10.5. The van der Waals surface area contributed by atoms with E-state index in [9.17, 15) is 5.11 Å². The molecular weight excluding hydrogens is 212 g/mol. The third-order valence-electron chi connectivity index (χ3n) is 2.26. The second kappa shape index (κ2) is 3.95. The Bertz CT molecular complexity index is 479. The van der Waals surface area contributed by atoms with Crippen molar-refractivity contribution < 1.29 is 5.11 Å². The zero-order valence-corrected chi connectivity index (χ0v) is 9.07. The molecule has 15 heavy (non-hydrogen) atoms. The van der Waals surface area contributed by atoms with Gasteiger partial charge in [-0.2, -0.15) is 5.10 Å². The van der Waals surface area contributed by atoms with Crippen LogP contribution < -0.4 is 0 Å².